The molecule has 3 aromatic rings. The first-order valence-corrected chi connectivity index (χ1v) is 10.3. The SMILES string of the molecule is Cc1nc(-c2cc(S(=O)(=O)Nc3ccccc3Cl)c(C)n2C)sc1C. The van der Waals surface area contributed by atoms with Gasteiger partial charge in [-0.15, -0.1) is 11.3 Å². The molecule has 25 heavy (non-hydrogen) atoms. The summed E-state index contributed by atoms with van der Waals surface area (Å²) in [6.07, 6.45) is 0. The highest BCUT2D eigenvalue weighted by atomic mass is 35.5. The van der Waals surface area contributed by atoms with Crippen molar-refractivity contribution in [2.45, 2.75) is 25.7 Å². The lowest BCUT2D eigenvalue weighted by molar-refractivity contribution is 0.600. The van der Waals surface area contributed by atoms with Crippen molar-refractivity contribution in [1.82, 2.24) is 9.55 Å². The average Bonchev–Trinajstić information content (AvgIpc) is 3.03. The van der Waals surface area contributed by atoms with E-state index < -0.39 is 10.0 Å². The van der Waals surface area contributed by atoms with E-state index in [9.17, 15) is 8.42 Å². The Bertz CT molecular complexity index is 1030. The van der Waals surface area contributed by atoms with Crippen LogP contribution in [0.5, 0.6) is 0 Å². The number of rotatable bonds is 4. The van der Waals surface area contributed by atoms with Gasteiger partial charge in [-0.25, -0.2) is 13.4 Å². The van der Waals surface area contributed by atoms with E-state index in [1.165, 1.54) is 0 Å². The van der Waals surface area contributed by atoms with Gasteiger partial charge in [0, 0.05) is 17.6 Å². The van der Waals surface area contributed by atoms with Gasteiger partial charge in [-0.1, -0.05) is 23.7 Å². The van der Waals surface area contributed by atoms with E-state index in [-0.39, 0.29) is 4.90 Å². The lowest BCUT2D eigenvalue weighted by atomic mass is 10.3. The lowest BCUT2D eigenvalue weighted by Gasteiger charge is -2.09. The third-order valence-electron chi connectivity index (χ3n) is 4.14. The molecule has 0 amide bonds. The Balaban J connectivity index is 2.05. The number of sulfonamides is 1. The molecule has 0 unspecified atom stereocenters. The summed E-state index contributed by atoms with van der Waals surface area (Å²) in [6, 6.07) is 8.41. The molecule has 3 rings (SSSR count). The molecule has 0 saturated carbocycles. The molecule has 2 heterocycles. The number of benzene rings is 1. The summed E-state index contributed by atoms with van der Waals surface area (Å²) in [5, 5.41) is 1.16. The van der Waals surface area contributed by atoms with Gasteiger partial charge in [0.2, 0.25) is 0 Å². The van der Waals surface area contributed by atoms with E-state index in [1.807, 2.05) is 25.5 Å². The van der Waals surface area contributed by atoms with Crippen LogP contribution in [-0.4, -0.2) is 18.0 Å². The summed E-state index contributed by atoms with van der Waals surface area (Å²) in [5.74, 6) is 0. The maximum absolute atomic E-state index is 12.8. The molecule has 0 bridgehead atoms. The van der Waals surface area contributed by atoms with Crippen molar-refractivity contribution < 1.29 is 8.42 Å². The Labute approximate surface area is 156 Å². The number of para-hydroxylation sites is 1. The standard InChI is InChI=1S/C17H18ClN3O2S2/c1-10-12(3)24-17(19-10)15-9-16(11(2)21(15)4)25(22,23)20-14-8-6-5-7-13(14)18/h5-9,20H,1-4H3. The number of nitrogens with one attached hydrogen (secondary N) is 1. The van der Waals surface area contributed by atoms with Crippen LogP contribution in [-0.2, 0) is 17.1 Å². The molecule has 132 valence electrons. The number of nitrogens with zero attached hydrogens (tertiary/aromatic N) is 2. The van der Waals surface area contributed by atoms with Crippen molar-refractivity contribution in [2.75, 3.05) is 4.72 Å². The molecule has 2 aromatic heterocycles. The zero-order valence-corrected chi connectivity index (χ0v) is 16.7. The zero-order valence-electron chi connectivity index (χ0n) is 14.3. The average molecular weight is 396 g/mol. The monoisotopic (exact) mass is 395 g/mol. The molecule has 0 fully saturated rings. The van der Waals surface area contributed by atoms with Crippen LogP contribution in [0, 0.1) is 20.8 Å². The summed E-state index contributed by atoms with van der Waals surface area (Å²) < 4.78 is 30.1. The van der Waals surface area contributed by atoms with E-state index in [4.69, 9.17) is 11.6 Å². The third-order valence-corrected chi connectivity index (χ3v) is 7.05. The molecule has 1 aromatic carbocycles. The summed E-state index contributed by atoms with van der Waals surface area (Å²) in [7, 11) is -1.92. The largest absolute Gasteiger partial charge is 0.345 e. The van der Waals surface area contributed by atoms with Crippen LogP contribution in [0.15, 0.2) is 35.2 Å². The molecule has 0 atom stereocenters. The molecule has 0 aliphatic heterocycles. The summed E-state index contributed by atoms with van der Waals surface area (Å²) in [6.45, 7) is 5.72. The van der Waals surface area contributed by atoms with Crippen LogP contribution >= 0.6 is 22.9 Å². The molecule has 0 spiro atoms. The van der Waals surface area contributed by atoms with Gasteiger partial charge in [-0.3, -0.25) is 4.72 Å². The quantitative estimate of drug-likeness (QED) is 0.705. The molecule has 0 aliphatic carbocycles. The minimum atomic E-state index is -3.76. The van der Waals surface area contributed by atoms with Gasteiger partial charge in [0.15, 0.2) is 0 Å². The number of hydrogen-bond donors (Lipinski definition) is 1. The van der Waals surface area contributed by atoms with Gasteiger partial charge in [0.25, 0.3) is 10.0 Å². The Kier molecular flexibility index (Phi) is 4.66. The van der Waals surface area contributed by atoms with Gasteiger partial charge in [0.05, 0.1) is 22.1 Å². The fraction of sp³-hybridized carbons (Fsp3) is 0.235. The van der Waals surface area contributed by atoms with Crippen LogP contribution in [0.3, 0.4) is 0 Å². The van der Waals surface area contributed by atoms with Crippen molar-refractivity contribution in [3.63, 3.8) is 0 Å². The van der Waals surface area contributed by atoms with E-state index in [2.05, 4.69) is 9.71 Å². The molecule has 8 heteroatoms. The van der Waals surface area contributed by atoms with Gasteiger partial charge in [-0.2, -0.15) is 0 Å². The first-order valence-electron chi connectivity index (χ1n) is 7.59. The van der Waals surface area contributed by atoms with Gasteiger partial charge in [0.1, 0.15) is 9.90 Å². The Hall–Kier alpha value is -1.83. The second kappa shape index (κ2) is 6.48. The molecular formula is C17H18ClN3O2S2. The second-order valence-corrected chi connectivity index (χ2v) is 9.05. The Morgan fingerprint density at radius 2 is 1.88 bits per heavy atom. The first-order chi connectivity index (χ1) is 11.7. The van der Waals surface area contributed by atoms with Crippen LogP contribution in [0.1, 0.15) is 16.3 Å². The second-order valence-electron chi connectivity index (χ2n) is 5.78. The summed E-state index contributed by atoms with van der Waals surface area (Å²) in [5.41, 5.74) is 2.73. The van der Waals surface area contributed by atoms with Crippen molar-refractivity contribution in [2.24, 2.45) is 7.05 Å². The predicted octanol–water partition coefficient (Wildman–Crippen LogP) is 4.53. The van der Waals surface area contributed by atoms with Crippen LogP contribution in [0.2, 0.25) is 5.02 Å². The van der Waals surface area contributed by atoms with E-state index in [1.54, 1.807) is 48.6 Å². The highest BCUT2D eigenvalue weighted by molar-refractivity contribution is 7.92. The fourth-order valence-electron chi connectivity index (χ4n) is 2.47. The number of thiazole rings is 1. The first kappa shape index (κ1) is 18.0. The van der Waals surface area contributed by atoms with Crippen molar-refractivity contribution in [3.05, 3.63) is 51.6 Å². The molecule has 0 aliphatic rings. The highest BCUT2D eigenvalue weighted by Gasteiger charge is 2.24. The van der Waals surface area contributed by atoms with Crippen molar-refractivity contribution in [1.29, 1.82) is 0 Å². The topological polar surface area (TPSA) is 64.0 Å². The van der Waals surface area contributed by atoms with Crippen LogP contribution in [0.25, 0.3) is 10.7 Å². The molecular weight excluding hydrogens is 378 g/mol. The minimum Gasteiger partial charge on any atom is -0.345 e. The van der Waals surface area contributed by atoms with Gasteiger partial charge >= 0.3 is 0 Å². The van der Waals surface area contributed by atoms with E-state index in [0.29, 0.717) is 16.4 Å². The Morgan fingerprint density at radius 1 is 1.20 bits per heavy atom. The van der Waals surface area contributed by atoms with E-state index in [0.717, 1.165) is 21.3 Å². The Morgan fingerprint density at radius 3 is 2.48 bits per heavy atom. The molecule has 0 radical (unpaired) electrons. The van der Waals surface area contributed by atoms with Crippen molar-refractivity contribution in [3.8, 4) is 10.7 Å². The number of anilines is 1. The number of aryl methyl sites for hydroxylation is 2. The number of halogens is 1. The predicted molar refractivity (Wildman–Crippen MR) is 103 cm³/mol. The van der Waals surface area contributed by atoms with E-state index >= 15 is 0 Å². The molecule has 5 nitrogen and oxygen atoms in total. The molecule has 0 saturated heterocycles. The minimum absolute atomic E-state index is 0.218. The molecule has 1 N–H and O–H groups in total. The highest BCUT2D eigenvalue weighted by Crippen LogP contribution is 2.33. The van der Waals surface area contributed by atoms with Crippen LogP contribution < -0.4 is 4.72 Å². The fourth-order valence-corrected chi connectivity index (χ4v) is 5.05. The van der Waals surface area contributed by atoms with Gasteiger partial charge < -0.3 is 4.57 Å². The maximum Gasteiger partial charge on any atom is 0.263 e. The summed E-state index contributed by atoms with van der Waals surface area (Å²) >= 11 is 7.62. The maximum atomic E-state index is 12.8. The van der Waals surface area contributed by atoms with Crippen LogP contribution in [0.4, 0.5) is 5.69 Å². The normalized spacial score (nSPS) is 11.7. The lowest BCUT2D eigenvalue weighted by Crippen LogP contribution is -2.14. The number of aromatic nitrogens is 2. The number of hydrogen-bond acceptors (Lipinski definition) is 4. The smallest absolute Gasteiger partial charge is 0.263 e. The van der Waals surface area contributed by atoms with Crippen molar-refractivity contribution >= 4 is 38.6 Å². The summed E-state index contributed by atoms with van der Waals surface area (Å²) in [4.78, 5) is 5.87. The van der Waals surface area contributed by atoms with Gasteiger partial charge in [-0.05, 0) is 39.0 Å². The third kappa shape index (κ3) is 3.31. The zero-order chi connectivity index (χ0) is 18.4.